The number of imidazole rings is 1. The molecule has 0 fully saturated rings. The number of rotatable bonds is 3. The summed E-state index contributed by atoms with van der Waals surface area (Å²) in [6.07, 6.45) is 7.53. The second kappa shape index (κ2) is 4.83. The lowest BCUT2D eigenvalue weighted by molar-refractivity contribution is 0.434. The lowest BCUT2D eigenvalue weighted by Crippen LogP contribution is -2.44. The fourth-order valence-corrected chi connectivity index (χ4v) is 1.89. The third-order valence-electron chi connectivity index (χ3n) is 2.69. The maximum Gasteiger partial charge on any atom is 0.189 e. The van der Waals surface area contributed by atoms with Crippen LogP contribution in [0.25, 0.3) is 0 Å². The molecule has 0 aromatic carbocycles. The molecule has 0 aliphatic carbocycles. The Morgan fingerprint density at radius 3 is 3.50 bits per heavy atom. The minimum atomic E-state index is 0.337. The van der Waals surface area contributed by atoms with Crippen molar-refractivity contribution in [3.63, 3.8) is 0 Å². The Morgan fingerprint density at radius 2 is 2.69 bits per heavy atom. The Kier molecular flexibility index (Phi) is 3.24. The van der Waals surface area contributed by atoms with Crippen LogP contribution >= 0.6 is 0 Å². The van der Waals surface area contributed by atoms with Gasteiger partial charge in [-0.15, -0.1) is 6.58 Å². The fourth-order valence-electron chi connectivity index (χ4n) is 1.89. The van der Waals surface area contributed by atoms with Gasteiger partial charge >= 0.3 is 0 Å². The van der Waals surface area contributed by atoms with Crippen LogP contribution in [0.15, 0.2) is 30.0 Å². The topological polar surface area (TPSA) is 68.2 Å². The number of hydrogen-bond donors (Lipinski definition) is 2. The van der Waals surface area contributed by atoms with Gasteiger partial charge in [0.15, 0.2) is 5.96 Å². The van der Waals surface area contributed by atoms with Gasteiger partial charge in [-0.05, 0) is 6.42 Å². The highest BCUT2D eigenvalue weighted by atomic mass is 15.1. The molecular formula is C11H17N5. The highest BCUT2D eigenvalue weighted by Crippen LogP contribution is 2.12. The van der Waals surface area contributed by atoms with Crippen LogP contribution in [0.4, 0.5) is 0 Å². The van der Waals surface area contributed by atoms with Gasteiger partial charge in [-0.1, -0.05) is 6.08 Å². The standard InChI is InChI=1S/C11H17N5/c1-2-4-14-11(12)15-9-3-6-16-7-5-13-10(16)8-9/h2,5,7,9H,1,3-4,6,8H2,(H3,12,14,15). The van der Waals surface area contributed by atoms with E-state index in [1.54, 1.807) is 6.08 Å². The molecule has 86 valence electrons. The van der Waals surface area contributed by atoms with Crippen LogP contribution in [0.2, 0.25) is 0 Å². The summed E-state index contributed by atoms with van der Waals surface area (Å²) in [7, 11) is 0. The van der Waals surface area contributed by atoms with Crippen LogP contribution in [0.3, 0.4) is 0 Å². The van der Waals surface area contributed by atoms with E-state index in [0.717, 1.165) is 25.2 Å². The monoisotopic (exact) mass is 219 g/mol. The van der Waals surface area contributed by atoms with Crippen LogP contribution in [-0.4, -0.2) is 28.1 Å². The minimum absolute atomic E-state index is 0.337. The summed E-state index contributed by atoms with van der Waals surface area (Å²) < 4.78 is 2.18. The van der Waals surface area contributed by atoms with E-state index < -0.39 is 0 Å². The van der Waals surface area contributed by atoms with Gasteiger partial charge in [-0.25, -0.2) is 9.98 Å². The Balaban J connectivity index is 1.92. The quantitative estimate of drug-likeness (QED) is 0.436. The Hall–Kier alpha value is -1.78. The first-order chi connectivity index (χ1) is 7.79. The van der Waals surface area contributed by atoms with Crippen LogP contribution in [0.5, 0.6) is 0 Å². The van der Waals surface area contributed by atoms with Gasteiger partial charge in [0, 0.05) is 31.4 Å². The van der Waals surface area contributed by atoms with E-state index in [1.807, 2.05) is 12.4 Å². The van der Waals surface area contributed by atoms with Gasteiger partial charge in [0.2, 0.25) is 0 Å². The second-order valence-electron chi connectivity index (χ2n) is 3.89. The minimum Gasteiger partial charge on any atom is -0.370 e. The van der Waals surface area contributed by atoms with Crippen molar-refractivity contribution in [2.45, 2.75) is 25.4 Å². The smallest absolute Gasteiger partial charge is 0.189 e. The van der Waals surface area contributed by atoms with E-state index in [1.165, 1.54) is 0 Å². The van der Waals surface area contributed by atoms with E-state index in [9.17, 15) is 0 Å². The van der Waals surface area contributed by atoms with Gasteiger partial charge in [-0.3, -0.25) is 0 Å². The molecule has 3 N–H and O–H groups in total. The van der Waals surface area contributed by atoms with Crippen molar-refractivity contribution in [2.75, 3.05) is 6.54 Å². The van der Waals surface area contributed by atoms with Crippen molar-refractivity contribution >= 4 is 5.96 Å². The van der Waals surface area contributed by atoms with Crippen molar-refractivity contribution in [3.8, 4) is 0 Å². The van der Waals surface area contributed by atoms with Gasteiger partial charge in [0.25, 0.3) is 0 Å². The zero-order valence-electron chi connectivity index (χ0n) is 9.26. The number of hydrogen-bond acceptors (Lipinski definition) is 2. The first kappa shape index (κ1) is 10.7. The number of fused-ring (bicyclic) bond motifs is 1. The van der Waals surface area contributed by atoms with Crippen LogP contribution in [-0.2, 0) is 13.0 Å². The highest BCUT2D eigenvalue weighted by Gasteiger charge is 2.18. The molecular weight excluding hydrogens is 202 g/mol. The van der Waals surface area contributed by atoms with Crippen LogP contribution in [0, 0.1) is 0 Å². The Morgan fingerprint density at radius 1 is 1.81 bits per heavy atom. The average molecular weight is 219 g/mol. The van der Waals surface area contributed by atoms with Crippen LogP contribution in [0.1, 0.15) is 12.2 Å². The van der Waals surface area contributed by atoms with Gasteiger partial charge in [-0.2, -0.15) is 0 Å². The molecule has 0 saturated carbocycles. The van der Waals surface area contributed by atoms with Crippen molar-refractivity contribution < 1.29 is 0 Å². The maximum atomic E-state index is 5.75. The third-order valence-corrected chi connectivity index (χ3v) is 2.69. The molecule has 1 aliphatic rings. The zero-order chi connectivity index (χ0) is 11.4. The molecule has 0 saturated heterocycles. The summed E-state index contributed by atoms with van der Waals surface area (Å²) in [4.78, 5) is 8.42. The fraction of sp³-hybridized carbons (Fsp3) is 0.455. The summed E-state index contributed by atoms with van der Waals surface area (Å²) in [5.41, 5.74) is 5.75. The van der Waals surface area contributed by atoms with Gasteiger partial charge in [0.05, 0.1) is 6.54 Å². The Labute approximate surface area is 95.1 Å². The van der Waals surface area contributed by atoms with E-state index >= 15 is 0 Å². The van der Waals surface area contributed by atoms with Crippen molar-refractivity contribution in [1.82, 2.24) is 14.9 Å². The number of aromatic nitrogens is 2. The number of aryl methyl sites for hydroxylation is 1. The molecule has 5 nitrogen and oxygen atoms in total. The largest absolute Gasteiger partial charge is 0.370 e. The summed E-state index contributed by atoms with van der Waals surface area (Å²) >= 11 is 0. The number of nitrogens with two attached hydrogens (primary N) is 1. The second-order valence-corrected chi connectivity index (χ2v) is 3.89. The van der Waals surface area contributed by atoms with E-state index in [-0.39, 0.29) is 0 Å². The SMILES string of the molecule is C=CCN=C(N)NC1CCn2ccnc2C1. The summed E-state index contributed by atoms with van der Waals surface area (Å²) in [5.74, 6) is 1.60. The van der Waals surface area contributed by atoms with Crippen molar-refractivity contribution in [1.29, 1.82) is 0 Å². The van der Waals surface area contributed by atoms with Gasteiger partial charge in [0.1, 0.15) is 5.82 Å². The predicted molar refractivity (Wildman–Crippen MR) is 64.2 cm³/mol. The van der Waals surface area contributed by atoms with E-state index in [4.69, 9.17) is 5.73 Å². The van der Waals surface area contributed by atoms with Crippen molar-refractivity contribution in [3.05, 3.63) is 30.9 Å². The highest BCUT2D eigenvalue weighted by molar-refractivity contribution is 5.78. The normalized spacial score (nSPS) is 20.2. The Bertz CT molecular complexity index is 393. The molecule has 16 heavy (non-hydrogen) atoms. The first-order valence-corrected chi connectivity index (χ1v) is 5.47. The molecule has 2 rings (SSSR count). The molecule has 1 aromatic heterocycles. The molecule has 1 atom stereocenters. The van der Waals surface area contributed by atoms with E-state index in [2.05, 4.69) is 26.4 Å². The molecule has 2 heterocycles. The number of nitrogens with one attached hydrogen (secondary N) is 1. The molecule has 0 bridgehead atoms. The molecule has 0 amide bonds. The maximum absolute atomic E-state index is 5.75. The van der Waals surface area contributed by atoms with Gasteiger partial charge < -0.3 is 15.6 Å². The lowest BCUT2D eigenvalue weighted by atomic mass is 10.1. The first-order valence-electron chi connectivity index (χ1n) is 5.47. The predicted octanol–water partition coefficient (Wildman–Crippen LogP) is 0.288. The van der Waals surface area contributed by atoms with Crippen molar-refractivity contribution in [2.24, 2.45) is 10.7 Å². The summed E-state index contributed by atoms with van der Waals surface area (Å²) in [6, 6.07) is 0.337. The lowest BCUT2D eigenvalue weighted by Gasteiger charge is -2.24. The number of nitrogens with zero attached hydrogens (tertiary/aromatic N) is 3. The summed E-state index contributed by atoms with van der Waals surface area (Å²) in [5, 5.41) is 3.21. The van der Waals surface area contributed by atoms with Crippen LogP contribution < -0.4 is 11.1 Å². The molecule has 0 radical (unpaired) electrons. The number of aliphatic imine (C=N–C) groups is 1. The molecule has 0 spiro atoms. The van der Waals surface area contributed by atoms with E-state index in [0.29, 0.717) is 18.5 Å². The third kappa shape index (κ3) is 2.42. The number of guanidine groups is 1. The zero-order valence-corrected chi connectivity index (χ0v) is 9.26. The average Bonchev–Trinajstić information content (AvgIpc) is 2.73. The molecule has 5 heteroatoms. The molecule has 1 unspecified atom stereocenters. The summed E-state index contributed by atoms with van der Waals surface area (Å²) in [6.45, 7) is 5.14. The molecule has 1 aliphatic heterocycles. The molecule has 1 aromatic rings.